The first-order valence-electron chi connectivity index (χ1n) is 12.8. The van der Waals surface area contributed by atoms with Crippen LogP contribution in [0.3, 0.4) is 0 Å². The van der Waals surface area contributed by atoms with Crippen molar-refractivity contribution in [2.45, 2.75) is 103 Å². The monoisotopic (exact) mass is 386 g/mol. The molecule has 2 N–H and O–H groups in total. The summed E-state index contributed by atoms with van der Waals surface area (Å²) in [5.41, 5.74) is 0.584. The van der Waals surface area contributed by atoms with Gasteiger partial charge in [-0.1, -0.05) is 39.5 Å². The molecule has 0 aromatic carbocycles. The standard InChI is InChI=1S/C25H43BO2/c1-25(2)23-6-4-3-5-21(23)22-12-10-19(15-24(22)25)16-7-8-18-14-20(26(27)28)11-9-17(18)13-16/h16-24,27-28H,3-15H2,1-2H3. The summed E-state index contributed by atoms with van der Waals surface area (Å²) in [6.45, 7) is 5.28. The number of fused-ring (bicyclic) bond motifs is 4. The van der Waals surface area contributed by atoms with Crippen LogP contribution in [-0.2, 0) is 0 Å². The van der Waals surface area contributed by atoms with E-state index in [-0.39, 0.29) is 5.82 Å². The van der Waals surface area contributed by atoms with Crippen LogP contribution in [0.2, 0.25) is 5.82 Å². The summed E-state index contributed by atoms with van der Waals surface area (Å²) in [7, 11) is -1.08. The Morgan fingerprint density at radius 2 is 1.18 bits per heavy atom. The van der Waals surface area contributed by atoms with Crippen LogP contribution in [0.15, 0.2) is 0 Å². The molecule has 0 heterocycles. The van der Waals surface area contributed by atoms with Gasteiger partial charge in [-0.05, 0) is 116 Å². The summed E-state index contributed by atoms with van der Waals surface area (Å²) in [5, 5.41) is 19.2. The van der Waals surface area contributed by atoms with Crippen LogP contribution >= 0.6 is 0 Å². The fraction of sp³-hybridized carbons (Fsp3) is 1.00. The van der Waals surface area contributed by atoms with Gasteiger partial charge in [-0.2, -0.15) is 0 Å². The Morgan fingerprint density at radius 1 is 0.607 bits per heavy atom. The average Bonchev–Trinajstić information content (AvgIpc) is 2.94. The highest BCUT2D eigenvalue weighted by atomic mass is 16.4. The molecule has 9 atom stereocenters. The number of rotatable bonds is 2. The highest BCUT2D eigenvalue weighted by Gasteiger charge is 2.57. The molecule has 0 aromatic heterocycles. The second-order valence-electron chi connectivity index (χ2n) is 12.3. The van der Waals surface area contributed by atoms with Crippen molar-refractivity contribution < 1.29 is 10.0 Å². The molecule has 0 amide bonds. The summed E-state index contributed by atoms with van der Waals surface area (Å²) in [6.07, 6.45) is 18.2. The van der Waals surface area contributed by atoms with Crippen molar-refractivity contribution in [1.82, 2.24) is 0 Å². The molecule has 9 unspecified atom stereocenters. The van der Waals surface area contributed by atoms with Crippen LogP contribution in [-0.4, -0.2) is 17.2 Å². The van der Waals surface area contributed by atoms with Crippen molar-refractivity contribution in [3.05, 3.63) is 0 Å². The Bertz CT molecular complexity index is 561. The molecule has 0 saturated heterocycles. The largest absolute Gasteiger partial charge is 0.454 e. The first-order valence-corrected chi connectivity index (χ1v) is 12.8. The molecule has 5 saturated carbocycles. The summed E-state index contributed by atoms with van der Waals surface area (Å²) in [6, 6.07) is 0. The maximum Gasteiger partial charge on any atom is 0.454 e. The lowest BCUT2D eigenvalue weighted by atomic mass is 9.54. The SMILES string of the molecule is CC1(C)C2CCCCC2C2CCC(C3CCC4CC(B(O)O)CCC4C3)CC21. The Morgan fingerprint density at radius 3 is 1.93 bits per heavy atom. The van der Waals surface area contributed by atoms with Crippen LogP contribution in [0.25, 0.3) is 0 Å². The van der Waals surface area contributed by atoms with Gasteiger partial charge < -0.3 is 10.0 Å². The molecule has 5 aliphatic carbocycles. The zero-order valence-electron chi connectivity index (χ0n) is 18.4. The second kappa shape index (κ2) is 7.59. The summed E-state index contributed by atoms with van der Waals surface area (Å²) >= 11 is 0. The van der Waals surface area contributed by atoms with E-state index in [9.17, 15) is 10.0 Å². The zero-order chi connectivity index (χ0) is 19.5. The third-order valence-corrected chi connectivity index (χ3v) is 11.0. The van der Waals surface area contributed by atoms with E-state index >= 15 is 0 Å². The quantitative estimate of drug-likeness (QED) is 0.578. The van der Waals surface area contributed by atoms with Crippen molar-refractivity contribution in [3.8, 4) is 0 Å². The lowest BCUT2D eigenvalue weighted by molar-refractivity contribution is 0.0373. The van der Waals surface area contributed by atoms with Gasteiger partial charge in [-0.3, -0.25) is 0 Å². The average molecular weight is 386 g/mol. The van der Waals surface area contributed by atoms with Gasteiger partial charge in [0.2, 0.25) is 0 Å². The van der Waals surface area contributed by atoms with Crippen LogP contribution < -0.4 is 0 Å². The molecule has 0 aliphatic heterocycles. The minimum atomic E-state index is -1.08. The van der Waals surface area contributed by atoms with Gasteiger partial charge in [0.1, 0.15) is 0 Å². The van der Waals surface area contributed by atoms with Crippen molar-refractivity contribution in [2.75, 3.05) is 0 Å². The van der Waals surface area contributed by atoms with Gasteiger partial charge in [-0.15, -0.1) is 0 Å². The maximum atomic E-state index is 9.60. The maximum absolute atomic E-state index is 9.60. The summed E-state index contributed by atoms with van der Waals surface area (Å²) in [4.78, 5) is 0. The van der Waals surface area contributed by atoms with Gasteiger partial charge in [0, 0.05) is 0 Å². The third-order valence-electron chi connectivity index (χ3n) is 11.0. The fourth-order valence-corrected chi connectivity index (χ4v) is 9.55. The molecule has 0 radical (unpaired) electrons. The van der Waals surface area contributed by atoms with Crippen LogP contribution in [0, 0.1) is 52.8 Å². The van der Waals surface area contributed by atoms with Gasteiger partial charge >= 0.3 is 7.12 Å². The Hall–Kier alpha value is -0.0151. The van der Waals surface area contributed by atoms with E-state index in [0.717, 1.165) is 60.2 Å². The van der Waals surface area contributed by atoms with Crippen LogP contribution in [0.4, 0.5) is 0 Å². The topological polar surface area (TPSA) is 40.5 Å². The van der Waals surface area contributed by atoms with E-state index in [1.54, 1.807) is 0 Å². The summed E-state index contributed by atoms with van der Waals surface area (Å²) in [5.74, 6) is 7.89. The van der Waals surface area contributed by atoms with E-state index in [2.05, 4.69) is 13.8 Å². The van der Waals surface area contributed by atoms with E-state index in [0.29, 0.717) is 5.41 Å². The minimum Gasteiger partial charge on any atom is -0.427 e. The van der Waals surface area contributed by atoms with E-state index in [1.807, 2.05) is 0 Å². The lowest BCUT2D eigenvalue weighted by Gasteiger charge is -2.47. The molecular weight excluding hydrogens is 343 g/mol. The van der Waals surface area contributed by atoms with Crippen molar-refractivity contribution in [2.24, 2.45) is 52.8 Å². The fourth-order valence-electron chi connectivity index (χ4n) is 9.55. The second-order valence-corrected chi connectivity index (χ2v) is 12.3. The molecule has 5 aliphatic rings. The van der Waals surface area contributed by atoms with Gasteiger partial charge in [0.25, 0.3) is 0 Å². The lowest BCUT2D eigenvalue weighted by Crippen LogP contribution is -2.38. The van der Waals surface area contributed by atoms with Crippen molar-refractivity contribution in [1.29, 1.82) is 0 Å². The molecule has 28 heavy (non-hydrogen) atoms. The van der Waals surface area contributed by atoms with Crippen LogP contribution in [0.5, 0.6) is 0 Å². The van der Waals surface area contributed by atoms with E-state index in [1.165, 1.54) is 70.6 Å². The van der Waals surface area contributed by atoms with Gasteiger partial charge in [0.05, 0.1) is 0 Å². The zero-order valence-corrected chi connectivity index (χ0v) is 18.4. The minimum absolute atomic E-state index is 0.149. The summed E-state index contributed by atoms with van der Waals surface area (Å²) < 4.78 is 0. The highest BCUT2D eigenvalue weighted by Crippen LogP contribution is 2.64. The Labute approximate surface area is 173 Å². The van der Waals surface area contributed by atoms with Crippen molar-refractivity contribution in [3.63, 3.8) is 0 Å². The Kier molecular flexibility index (Phi) is 5.40. The smallest absolute Gasteiger partial charge is 0.427 e. The first-order chi connectivity index (χ1) is 13.4. The van der Waals surface area contributed by atoms with Gasteiger partial charge in [0.15, 0.2) is 0 Å². The molecule has 158 valence electrons. The normalized spacial score (nSPS) is 50.4. The molecule has 5 rings (SSSR count). The van der Waals surface area contributed by atoms with E-state index in [4.69, 9.17) is 0 Å². The molecule has 0 bridgehead atoms. The van der Waals surface area contributed by atoms with Gasteiger partial charge in [-0.25, -0.2) is 0 Å². The molecular formula is C25H43BO2. The first kappa shape index (κ1) is 19.9. The number of hydrogen-bond donors (Lipinski definition) is 2. The highest BCUT2D eigenvalue weighted by molar-refractivity contribution is 6.43. The van der Waals surface area contributed by atoms with Crippen LogP contribution in [0.1, 0.15) is 97.3 Å². The predicted molar refractivity (Wildman–Crippen MR) is 116 cm³/mol. The Balaban J connectivity index is 1.23. The van der Waals surface area contributed by atoms with Crippen molar-refractivity contribution >= 4 is 7.12 Å². The predicted octanol–water partition coefficient (Wildman–Crippen LogP) is 5.92. The molecule has 3 heteroatoms. The molecule has 0 spiro atoms. The van der Waals surface area contributed by atoms with E-state index < -0.39 is 7.12 Å². The third kappa shape index (κ3) is 3.31. The molecule has 2 nitrogen and oxygen atoms in total. The molecule has 0 aromatic rings. The number of hydrogen-bond acceptors (Lipinski definition) is 2. The molecule has 5 fully saturated rings.